The molecule has 5 aliphatic rings. The number of carbonyl (C=O) groups is 3. The van der Waals surface area contributed by atoms with E-state index in [2.05, 4.69) is 12.2 Å². The van der Waals surface area contributed by atoms with Gasteiger partial charge in [-0.1, -0.05) is 24.3 Å². The zero-order valence-corrected chi connectivity index (χ0v) is 12.8. The third-order valence-electron chi connectivity index (χ3n) is 6.17. The van der Waals surface area contributed by atoms with Crippen LogP contribution in [-0.2, 0) is 9.59 Å². The average Bonchev–Trinajstić information content (AvgIpc) is 3.32. The summed E-state index contributed by atoms with van der Waals surface area (Å²) in [4.78, 5) is 38.9. The molecule has 1 heterocycles. The van der Waals surface area contributed by atoms with Crippen LogP contribution in [0.25, 0.3) is 0 Å². The first kappa shape index (κ1) is 13.2. The van der Waals surface area contributed by atoms with Gasteiger partial charge in [0.05, 0.1) is 17.5 Å². The monoisotopic (exact) mass is 307 g/mol. The lowest BCUT2D eigenvalue weighted by Crippen LogP contribution is -2.40. The van der Waals surface area contributed by atoms with Gasteiger partial charge in [0.25, 0.3) is 0 Å². The lowest BCUT2D eigenvalue weighted by molar-refractivity contribution is -0.124. The number of ketones is 1. The smallest absolute Gasteiger partial charge is 0.238 e. The van der Waals surface area contributed by atoms with Gasteiger partial charge in [-0.2, -0.15) is 0 Å². The Balaban J connectivity index is 1.57. The fraction of sp³-hybridized carbons (Fsp3) is 0.421. The summed E-state index contributed by atoms with van der Waals surface area (Å²) in [5, 5.41) is 0. The minimum atomic E-state index is -0.192. The normalized spacial score (nSPS) is 39.4. The molecule has 0 unspecified atom stereocenters. The van der Waals surface area contributed by atoms with Gasteiger partial charge < -0.3 is 0 Å². The molecule has 3 fully saturated rings. The first-order valence-electron chi connectivity index (χ1n) is 8.25. The largest absolute Gasteiger partial charge is 0.295 e. The first-order chi connectivity index (χ1) is 11.1. The fourth-order valence-corrected chi connectivity index (χ4v) is 5.08. The molecule has 1 aromatic rings. The Morgan fingerprint density at radius 1 is 1.04 bits per heavy atom. The number of amides is 2. The molecule has 6 atom stereocenters. The Kier molecular flexibility index (Phi) is 2.41. The van der Waals surface area contributed by atoms with E-state index in [1.54, 1.807) is 24.3 Å². The van der Waals surface area contributed by atoms with Crippen LogP contribution in [0.3, 0.4) is 0 Å². The molecule has 6 rings (SSSR count). The summed E-state index contributed by atoms with van der Waals surface area (Å²) in [5.74, 6) is 1.06. The molecule has 1 aliphatic heterocycles. The molecule has 0 N–H and O–H groups in total. The fourth-order valence-electron chi connectivity index (χ4n) is 5.08. The van der Waals surface area contributed by atoms with Crippen LogP contribution in [0.2, 0.25) is 0 Å². The van der Waals surface area contributed by atoms with Crippen molar-refractivity contribution in [3.63, 3.8) is 0 Å². The predicted molar refractivity (Wildman–Crippen MR) is 83.6 cm³/mol. The standard InChI is InChI=1S/C19H17NO3/c1-9(21)10-3-2-4-11(7-10)20-18(22)16-12-5-6-13(15-8-14(12)15)17(16)19(20)23/h2-7,12-17H,8H2,1H3/t12-,13-,14-,15-,16-,17+/m1/s1. The highest BCUT2D eigenvalue weighted by atomic mass is 16.2. The molecule has 4 nitrogen and oxygen atoms in total. The topological polar surface area (TPSA) is 54.5 Å². The number of rotatable bonds is 2. The van der Waals surface area contributed by atoms with E-state index in [4.69, 9.17) is 0 Å². The summed E-state index contributed by atoms with van der Waals surface area (Å²) in [5.41, 5.74) is 1.07. The maximum Gasteiger partial charge on any atom is 0.238 e. The minimum Gasteiger partial charge on any atom is -0.295 e. The van der Waals surface area contributed by atoms with E-state index in [9.17, 15) is 14.4 Å². The van der Waals surface area contributed by atoms with E-state index in [0.717, 1.165) is 6.42 Å². The van der Waals surface area contributed by atoms with Crippen LogP contribution in [0.5, 0.6) is 0 Å². The zero-order valence-electron chi connectivity index (χ0n) is 12.8. The van der Waals surface area contributed by atoms with Crippen molar-refractivity contribution in [3.05, 3.63) is 42.0 Å². The van der Waals surface area contributed by atoms with Gasteiger partial charge in [0.2, 0.25) is 11.8 Å². The Morgan fingerprint density at radius 3 is 2.22 bits per heavy atom. The van der Waals surface area contributed by atoms with Crippen molar-refractivity contribution in [3.8, 4) is 0 Å². The number of imide groups is 1. The van der Waals surface area contributed by atoms with Crippen molar-refractivity contribution in [2.24, 2.45) is 35.5 Å². The van der Waals surface area contributed by atoms with Crippen molar-refractivity contribution < 1.29 is 14.4 Å². The number of carbonyl (C=O) groups excluding carboxylic acids is 3. The second-order valence-electron chi connectivity index (χ2n) is 7.27. The van der Waals surface area contributed by atoms with Gasteiger partial charge in [0.15, 0.2) is 5.78 Å². The van der Waals surface area contributed by atoms with E-state index in [-0.39, 0.29) is 41.3 Å². The number of allylic oxidation sites excluding steroid dienone is 2. The quantitative estimate of drug-likeness (QED) is 0.479. The number of hydrogen-bond acceptors (Lipinski definition) is 3. The van der Waals surface area contributed by atoms with Crippen LogP contribution in [0, 0.1) is 35.5 Å². The van der Waals surface area contributed by atoms with Crippen LogP contribution >= 0.6 is 0 Å². The SMILES string of the molecule is CC(=O)c1cccc(N2C(=O)[C@@H]3[C@@H]4C=C[C@H]([C@H]5C[C@H]45)[C@@H]3C2=O)c1. The Morgan fingerprint density at radius 2 is 1.65 bits per heavy atom. The molecule has 0 aromatic heterocycles. The second kappa shape index (κ2) is 4.19. The molecular weight excluding hydrogens is 290 g/mol. The summed E-state index contributed by atoms with van der Waals surface area (Å²) in [6.45, 7) is 1.49. The summed E-state index contributed by atoms with van der Waals surface area (Å²) in [6, 6.07) is 6.85. The zero-order chi connectivity index (χ0) is 15.9. The molecule has 116 valence electrons. The lowest BCUT2D eigenvalue weighted by atomic mass is 9.63. The van der Waals surface area contributed by atoms with E-state index >= 15 is 0 Å². The first-order valence-corrected chi connectivity index (χ1v) is 8.25. The van der Waals surface area contributed by atoms with E-state index < -0.39 is 0 Å². The molecule has 1 saturated heterocycles. The highest BCUT2D eigenvalue weighted by Crippen LogP contribution is 2.65. The molecule has 23 heavy (non-hydrogen) atoms. The summed E-state index contributed by atoms with van der Waals surface area (Å²) in [6.07, 6.45) is 5.50. The molecule has 1 aromatic carbocycles. The maximum atomic E-state index is 13.0. The molecule has 0 spiro atoms. The number of nitrogens with zero attached hydrogens (tertiary/aromatic N) is 1. The molecule has 2 bridgehead atoms. The van der Waals surface area contributed by atoms with Crippen molar-refractivity contribution >= 4 is 23.3 Å². The van der Waals surface area contributed by atoms with E-state index in [0.29, 0.717) is 23.1 Å². The van der Waals surface area contributed by atoms with Gasteiger partial charge in [-0.25, -0.2) is 4.90 Å². The van der Waals surface area contributed by atoms with Gasteiger partial charge in [-0.05, 0) is 49.1 Å². The van der Waals surface area contributed by atoms with Crippen molar-refractivity contribution in [2.75, 3.05) is 4.90 Å². The lowest BCUT2D eigenvalue weighted by Gasteiger charge is -2.37. The van der Waals surface area contributed by atoms with Crippen molar-refractivity contribution in [2.45, 2.75) is 13.3 Å². The van der Waals surface area contributed by atoms with Crippen LogP contribution in [-0.4, -0.2) is 17.6 Å². The summed E-state index contributed by atoms with van der Waals surface area (Å²) >= 11 is 0. The predicted octanol–water partition coefficient (Wildman–Crippen LogP) is 2.45. The van der Waals surface area contributed by atoms with Crippen LogP contribution in [0.4, 0.5) is 5.69 Å². The minimum absolute atomic E-state index is 0.0636. The molecule has 0 radical (unpaired) electrons. The van der Waals surface area contributed by atoms with Gasteiger partial charge >= 0.3 is 0 Å². The van der Waals surface area contributed by atoms with E-state index in [1.807, 2.05) is 0 Å². The second-order valence-corrected chi connectivity index (χ2v) is 7.27. The van der Waals surface area contributed by atoms with Crippen molar-refractivity contribution in [1.29, 1.82) is 0 Å². The highest BCUT2D eigenvalue weighted by molar-refractivity contribution is 6.23. The number of benzene rings is 1. The van der Waals surface area contributed by atoms with Crippen molar-refractivity contribution in [1.82, 2.24) is 0 Å². The van der Waals surface area contributed by atoms with Crippen LogP contribution in [0.15, 0.2) is 36.4 Å². The molecule has 2 amide bonds. The number of hydrogen-bond donors (Lipinski definition) is 0. The molecule has 4 heteroatoms. The van der Waals surface area contributed by atoms with Crippen LogP contribution < -0.4 is 4.90 Å². The van der Waals surface area contributed by atoms with Gasteiger partial charge in [-0.3, -0.25) is 14.4 Å². The van der Waals surface area contributed by atoms with Gasteiger partial charge in [0.1, 0.15) is 0 Å². The third kappa shape index (κ3) is 1.58. The average molecular weight is 307 g/mol. The van der Waals surface area contributed by atoms with Gasteiger partial charge in [0, 0.05) is 5.56 Å². The molecular formula is C19H17NO3. The number of Topliss-reactive ketones (excluding diaryl/α,β-unsaturated/α-hetero) is 1. The molecule has 4 aliphatic carbocycles. The Bertz CT molecular complexity index is 760. The van der Waals surface area contributed by atoms with Crippen LogP contribution in [0.1, 0.15) is 23.7 Å². The maximum absolute atomic E-state index is 13.0. The van der Waals surface area contributed by atoms with E-state index in [1.165, 1.54) is 11.8 Å². The third-order valence-corrected chi connectivity index (χ3v) is 6.17. The number of anilines is 1. The highest BCUT2D eigenvalue weighted by Gasteiger charge is 2.67. The van der Waals surface area contributed by atoms with Gasteiger partial charge in [-0.15, -0.1) is 0 Å². The Labute approximate surface area is 134 Å². The summed E-state index contributed by atoms with van der Waals surface area (Å²) < 4.78 is 0. The molecule has 2 saturated carbocycles. The Hall–Kier alpha value is -2.23. The summed E-state index contributed by atoms with van der Waals surface area (Å²) in [7, 11) is 0.